The van der Waals surface area contributed by atoms with Crippen LogP contribution in [0.2, 0.25) is 0 Å². The Morgan fingerprint density at radius 2 is 1.77 bits per heavy atom. The minimum absolute atomic E-state index is 0.0110. The van der Waals surface area contributed by atoms with Gasteiger partial charge in [0.2, 0.25) is 0 Å². The number of piperidine rings is 1. The van der Waals surface area contributed by atoms with E-state index in [1.165, 1.54) is 12.1 Å². The summed E-state index contributed by atoms with van der Waals surface area (Å²) >= 11 is 0. The van der Waals surface area contributed by atoms with Crippen LogP contribution in [0.4, 0.5) is 4.39 Å². The highest BCUT2D eigenvalue weighted by molar-refractivity contribution is 5.94. The summed E-state index contributed by atoms with van der Waals surface area (Å²) in [5.41, 5.74) is 0.826. The largest absolute Gasteiger partial charge is 0.389 e. The third-order valence-corrected chi connectivity index (χ3v) is 6.06. The van der Waals surface area contributed by atoms with Crippen molar-refractivity contribution in [2.45, 2.75) is 43.7 Å². The van der Waals surface area contributed by atoms with Crippen LogP contribution in [0.25, 0.3) is 0 Å². The first-order chi connectivity index (χ1) is 12.6. The molecular weight excluding hydrogens is 329 g/mol. The van der Waals surface area contributed by atoms with Crippen molar-refractivity contribution in [1.82, 2.24) is 4.90 Å². The molecule has 0 unspecified atom stereocenters. The highest BCUT2D eigenvalue weighted by atomic mass is 19.1. The zero-order valence-corrected chi connectivity index (χ0v) is 14.8. The van der Waals surface area contributed by atoms with Gasteiger partial charge in [-0.25, -0.2) is 4.39 Å². The summed E-state index contributed by atoms with van der Waals surface area (Å²) in [6, 6.07) is 15.4. The summed E-state index contributed by atoms with van der Waals surface area (Å²) in [4.78, 5) is 15.1. The summed E-state index contributed by atoms with van der Waals surface area (Å²) < 4.78 is 13.5. The lowest BCUT2D eigenvalue weighted by Crippen LogP contribution is -2.56. The number of nitrogens with zero attached hydrogens (tertiary/aromatic N) is 1. The second-order valence-electron chi connectivity index (χ2n) is 7.57. The second-order valence-corrected chi connectivity index (χ2v) is 7.57. The minimum Gasteiger partial charge on any atom is -0.389 e. The first-order valence-corrected chi connectivity index (χ1v) is 9.42. The highest BCUT2D eigenvalue weighted by Crippen LogP contribution is 2.49. The third kappa shape index (κ3) is 3.03. The Bertz CT molecular complexity index is 776. The van der Waals surface area contributed by atoms with Gasteiger partial charge in [0.15, 0.2) is 0 Å². The van der Waals surface area contributed by atoms with Gasteiger partial charge in [-0.15, -0.1) is 0 Å². The van der Waals surface area contributed by atoms with E-state index in [0.29, 0.717) is 18.5 Å². The van der Waals surface area contributed by atoms with E-state index in [2.05, 4.69) is 0 Å². The number of fused-ring (bicyclic) bond motifs is 1. The molecule has 3 nitrogen and oxygen atoms in total. The van der Waals surface area contributed by atoms with Crippen LogP contribution in [0, 0.1) is 11.7 Å². The lowest BCUT2D eigenvalue weighted by atomic mass is 9.66. The van der Waals surface area contributed by atoms with Crippen LogP contribution < -0.4 is 0 Å². The number of amides is 1. The number of hydrogen-bond donors (Lipinski definition) is 1. The van der Waals surface area contributed by atoms with Gasteiger partial charge in [0.05, 0.1) is 11.6 Å². The van der Waals surface area contributed by atoms with Crippen molar-refractivity contribution in [2.75, 3.05) is 6.54 Å². The molecule has 0 bridgehead atoms. The van der Waals surface area contributed by atoms with Crippen molar-refractivity contribution >= 4 is 5.91 Å². The molecule has 1 aliphatic heterocycles. The fourth-order valence-electron chi connectivity index (χ4n) is 4.73. The van der Waals surface area contributed by atoms with Crippen molar-refractivity contribution < 1.29 is 14.3 Å². The molecule has 136 valence electrons. The van der Waals surface area contributed by atoms with Gasteiger partial charge < -0.3 is 10.0 Å². The average molecular weight is 353 g/mol. The zero-order valence-electron chi connectivity index (χ0n) is 14.8. The fraction of sp³-hybridized carbons (Fsp3) is 0.409. The maximum Gasteiger partial charge on any atom is 0.254 e. The number of benzene rings is 2. The van der Waals surface area contributed by atoms with Gasteiger partial charge in [-0.05, 0) is 49.1 Å². The molecule has 1 amide bonds. The number of halogens is 1. The van der Waals surface area contributed by atoms with E-state index in [4.69, 9.17) is 0 Å². The Labute approximate surface area is 153 Å². The Morgan fingerprint density at radius 1 is 1.04 bits per heavy atom. The zero-order chi connectivity index (χ0) is 18.1. The normalized spacial score (nSPS) is 28.5. The van der Waals surface area contributed by atoms with Crippen molar-refractivity contribution in [1.29, 1.82) is 0 Å². The SMILES string of the molecule is O=C(c1ccccc1)N1CC[C@@]2(O)CCCC[C@@H]2[C@@H]1c1ccc(F)cc1. The number of likely N-dealkylation sites (tertiary alicyclic amines) is 1. The fourth-order valence-corrected chi connectivity index (χ4v) is 4.73. The van der Waals surface area contributed by atoms with E-state index in [0.717, 1.165) is 31.2 Å². The van der Waals surface area contributed by atoms with Crippen molar-refractivity contribution in [2.24, 2.45) is 5.92 Å². The van der Waals surface area contributed by atoms with Crippen LogP contribution in [0.1, 0.15) is 54.1 Å². The molecule has 1 saturated carbocycles. The van der Waals surface area contributed by atoms with Gasteiger partial charge in [-0.2, -0.15) is 0 Å². The molecule has 1 aliphatic carbocycles. The second kappa shape index (κ2) is 6.84. The molecule has 3 atom stereocenters. The van der Waals surface area contributed by atoms with E-state index < -0.39 is 5.60 Å². The van der Waals surface area contributed by atoms with Crippen LogP contribution in [-0.4, -0.2) is 28.1 Å². The predicted molar refractivity (Wildman–Crippen MR) is 98.1 cm³/mol. The first kappa shape index (κ1) is 17.2. The first-order valence-electron chi connectivity index (χ1n) is 9.42. The molecule has 2 aromatic carbocycles. The number of carbonyl (C=O) groups excluding carboxylic acids is 1. The Balaban J connectivity index is 1.74. The third-order valence-electron chi connectivity index (χ3n) is 6.06. The van der Waals surface area contributed by atoms with E-state index in [1.54, 1.807) is 12.1 Å². The smallest absolute Gasteiger partial charge is 0.254 e. The number of rotatable bonds is 2. The van der Waals surface area contributed by atoms with Crippen molar-refractivity contribution in [3.8, 4) is 0 Å². The summed E-state index contributed by atoms with van der Waals surface area (Å²) in [5, 5.41) is 11.2. The van der Waals surface area contributed by atoms with Gasteiger partial charge in [0, 0.05) is 18.0 Å². The monoisotopic (exact) mass is 353 g/mol. The molecule has 2 aromatic rings. The molecule has 4 rings (SSSR count). The molecular formula is C22H24FNO2. The van der Waals surface area contributed by atoms with Crippen LogP contribution in [0.3, 0.4) is 0 Å². The van der Waals surface area contributed by atoms with Gasteiger partial charge in [-0.1, -0.05) is 43.2 Å². The van der Waals surface area contributed by atoms with Crippen LogP contribution in [-0.2, 0) is 0 Å². The van der Waals surface area contributed by atoms with Crippen LogP contribution in [0.15, 0.2) is 54.6 Å². The topological polar surface area (TPSA) is 40.5 Å². The Hall–Kier alpha value is -2.20. The van der Waals surface area contributed by atoms with Gasteiger partial charge >= 0.3 is 0 Å². The molecule has 1 N–H and O–H groups in total. The standard InChI is InChI=1S/C22H24FNO2/c23-18-11-9-16(10-12-18)20-19-8-4-5-13-22(19,26)14-15-24(20)21(25)17-6-2-1-3-7-17/h1-3,6-7,9-12,19-20,26H,4-5,8,13-15H2/t19-,20+,22+/m1/s1. The van der Waals surface area contributed by atoms with E-state index in [-0.39, 0.29) is 23.7 Å². The quantitative estimate of drug-likeness (QED) is 0.873. The van der Waals surface area contributed by atoms with E-state index in [1.807, 2.05) is 35.2 Å². The van der Waals surface area contributed by atoms with Crippen LogP contribution >= 0.6 is 0 Å². The molecule has 4 heteroatoms. The van der Waals surface area contributed by atoms with Crippen molar-refractivity contribution in [3.05, 3.63) is 71.5 Å². The number of carbonyl (C=O) groups is 1. The summed E-state index contributed by atoms with van der Waals surface area (Å²) in [5.74, 6) is -0.319. The van der Waals surface area contributed by atoms with E-state index >= 15 is 0 Å². The summed E-state index contributed by atoms with van der Waals surface area (Å²) in [7, 11) is 0. The van der Waals surface area contributed by atoms with Gasteiger partial charge in [0.25, 0.3) is 5.91 Å². The molecule has 0 radical (unpaired) electrons. The number of aliphatic hydroxyl groups is 1. The molecule has 2 fully saturated rings. The predicted octanol–water partition coefficient (Wildman–Crippen LogP) is 4.33. The average Bonchev–Trinajstić information content (AvgIpc) is 2.67. The molecule has 2 aliphatic rings. The van der Waals surface area contributed by atoms with Crippen molar-refractivity contribution in [3.63, 3.8) is 0 Å². The van der Waals surface area contributed by atoms with Gasteiger partial charge in [0.1, 0.15) is 5.82 Å². The van der Waals surface area contributed by atoms with E-state index in [9.17, 15) is 14.3 Å². The lowest BCUT2D eigenvalue weighted by molar-refractivity contribution is -0.115. The molecule has 1 heterocycles. The summed E-state index contributed by atoms with van der Waals surface area (Å²) in [6.07, 6.45) is 4.35. The molecule has 0 aromatic heterocycles. The summed E-state index contributed by atoms with van der Waals surface area (Å²) in [6.45, 7) is 0.517. The maximum atomic E-state index is 13.5. The number of hydrogen-bond acceptors (Lipinski definition) is 2. The lowest BCUT2D eigenvalue weighted by Gasteiger charge is -2.52. The molecule has 26 heavy (non-hydrogen) atoms. The molecule has 0 spiro atoms. The Kier molecular flexibility index (Phi) is 4.53. The van der Waals surface area contributed by atoms with Gasteiger partial charge in [-0.3, -0.25) is 4.79 Å². The Morgan fingerprint density at radius 3 is 2.50 bits per heavy atom. The maximum absolute atomic E-state index is 13.5. The minimum atomic E-state index is -0.731. The highest BCUT2D eigenvalue weighted by Gasteiger charge is 2.50. The van der Waals surface area contributed by atoms with Crippen LogP contribution in [0.5, 0.6) is 0 Å². The molecule has 1 saturated heterocycles.